The predicted octanol–water partition coefficient (Wildman–Crippen LogP) is 3.10. The van der Waals surface area contributed by atoms with Gasteiger partial charge >= 0.3 is 5.97 Å². The van der Waals surface area contributed by atoms with Gasteiger partial charge in [-0.3, -0.25) is 4.79 Å². The highest BCUT2D eigenvalue weighted by molar-refractivity contribution is 5.65. The van der Waals surface area contributed by atoms with Gasteiger partial charge in [-0.2, -0.15) is 0 Å². The van der Waals surface area contributed by atoms with Crippen LogP contribution >= 0.6 is 0 Å². The van der Waals surface area contributed by atoms with Gasteiger partial charge in [0, 0.05) is 6.92 Å². The Morgan fingerprint density at radius 2 is 1.45 bits per heavy atom. The van der Waals surface area contributed by atoms with Crippen molar-refractivity contribution in [2.24, 2.45) is 0 Å². The number of carbonyl (C=O) groups excluding carboxylic acids is 1. The Bertz CT molecular complexity index is 301. The second-order valence-corrected chi connectivity index (χ2v) is 6.30. The first-order valence-corrected chi connectivity index (χ1v) is 8.49. The zero-order valence-electron chi connectivity index (χ0n) is 14.5. The summed E-state index contributed by atoms with van der Waals surface area (Å²) in [5.74, 6) is -0.284. The second kappa shape index (κ2) is 11.0. The maximum Gasteiger partial charge on any atom is 0.302 e. The monoisotopic (exact) mass is 316 g/mol. The molecule has 0 aromatic rings. The molecule has 1 aliphatic rings. The molecule has 3 atom stereocenters. The van der Waals surface area contributed by atoms with Gasteiger partial charge in [-0.25, -0.2) is 0 Å². The van der Waals surface area contributed by atoms with Crippen LogP contribution in [-0.4, -0.2) is 50.2 Å². The van der Waals surface area contributed by atoms with E-state index in [0.717, 1.165) is 0 Å². The first-order chi connectivity index (χ1) is 10.5. The Morgan fingerprint density at radius 1 is 0.909 bits per heavy atom. The van der Waals surface area contributed by atoms with Crippen molar-refractivity contribution in [3.63, 3.8) is 0 Å². The minimum Gasteiger partial charge on any atom is -0.463 e. The number of hydrogen-bond acceptors (Lipinski definition) is 5. The molecule has 0 bridgehead atoms. The lowest BCUT2D eigenvalue weighted by Gasteiger charge is -2.26. The molecular formula is C17H32O5. The van der Waals surface area contributed by atoms with Gasteiger partial charge in [-0.05, 0) is 33.6 Å². The lowest BCUT2D eigenvalue weighted by atomic mass is 9.98. The summed E-state index contributed by atoms with van der Waals surface area (Å²) in [4.78, 5) is 10.7. The summed E-state index contributed by atoms with van der Waals surface area (Å²) in [5.41, 5.74) is 0. The van der Waals surface area contributed by atoms with E-state index in [-0.39, 0.29) is 30.9 Å². The van der Waals surface area contributed by atoms with Crippen LogP contribution in [-0.2, 0) is 23.7 Å². The van der Waals surface area contributed by atoms with Crippen molar-refractivity contribution in [2.75, 3.05) is 19.8 Å². The van der Waals surface area contributed by atoms with Crippen LogP contribution in [0.15, 0.2) is 0 Å². The van der Waals surface area contributed by atoms with Crippen LogP contribution < -0.4 is 0 Å². The first-order valence-electron chi connectivity index (χ1n) is 8.49. The van der Waals surface area contributed by atoms with Crippen molar-refractivity contribution >= 4 is 5.97 Å². The van der Waals surface area contributed by atoms with Gasteiger partial charge in [0.1, 0.15) is 6.61 Å². The normalized spacial score (nSPS) is 20.4. The molecule has 1 aliphatic carbocycles. The number of rotatable bonds is 10. The molecule has 5 nitrogen and oxygen atoms in total. The molecule has 0 radical (unpaired) electrons. The average molecular weight is 316 g/mol. The third kappa shape index (κ3) is 9.38. The fourth-order valence-corrected chi connectivity index (χ4v) is 2.50. The number of ether oxygens (including phenoxy) is 4. The predicted molar refractivity (Wildman–Crippen MR) is 84.9 cm³/mol. The average Bonchev–Trinajstić information content (AvgIpc) is 2.49. The quantitative estimate of drug-likeness (QED) is 0.580. The topological polar surface area (TPSA) is 54.0 Å². The van der Waals surface area contributed by atoms with E-state index in [1.807, 2.05) is 13.8 Å². The van der Waals surface area contributed by atoms with Crippen LogP contribution in [0.4, 0.5) is 0 Å². The molecule has 130 valence electrons. The summed E-state index contributed by atoms with van der Waals surface area (Å²) in [5, 5.41) is 0. The van der Waals surface area contributed by atoms with Crippen LogP contribution in [0, 0.1) is 0 Å². The summed E-state index contributed by atoms with van der Waals surface area (Å²) in [7, 11) is 0. The fourth-order valence-electron chi connectivity index (χ4n) is 2.50. The summed E-state index contributed by atoms with van der Waals surface area (Å²) >= 11 is 0. The van der Waals surface area contributed by atoms with Gasteiger partial charge in [-0.1, -0.05) is 19.3 Å². The van der Waals surface area contributed by atoms with Gasteiger partial charge < -0.3 is 18.9 Å². The first kappa shape index (κ1) is 19.4. The molecule has 0 aromatic carbocycles. The molecule has 0 saturated heterocycles. The van der Waals surface area contributed by atoms with E-state index in [1.54, 1.807) is 0 Å². The third-order valence-electron chi connectivity index (χ3n) is 3.73. The van der Waals surface area contributed by atoms with Crippen LogP contribution in [0.1, 0.15) is 59.8 Å². The molecule has 1 saturated carbocycles. The zero-order valence-corrected chi connectivity index (χ0v) is 14.5. The standard InChI is InChI=1S/C17H32O5/c1-13(10-19-14(2)11-21-16(4)18)20-12-15(3)22-17-8-6-5-7-9-17/h13-15,17H,5-12H2,1-4H3. The van der Waals surface area contributed by atoms with E-state index in [4.69, 9.17) is 18.9 Å². The minimum atomic E-state index is -0.284. The Morgan fingerprint density at radius 3 is 2.05 bits per heavy atom. The molecular weight excluding hydrogens is 284 g/mol. The number of carbonyl (C=O) groups is 1. The molecule has 1 rings (SSSR count). The molecule has 0 aromatic heterocycles. The van der Waals surface area contributed by atoms with Gasteiger partial charge in [0.2, 0.25) is 0 Å². The van der Waals surface area contributed by atoms with Crippen molar-refractivity contribution in [1.29, 1.82) is 0 Å². The molecule has 22 heavy (non-hydrogen) atoms. The van der Waals surface area contributed by atoms with E-state index in [1.165, 1.54) is 39.0 Å². The van der Waals surface area contributed by atoms with Gasteiger partial charge in [-0.15, -0.1) is 0 Å². The highest BCUT2D eigenvalue weighted by Crippen LogP contribution is 2.21. The lowest BCUT2D eigenvalue weighted by Crippen LogP contribution is -2.29. The summed E-state index contributed by atoms with van der Waals surface area (Å²) in [6.45, 7) is 8.66. The molecule has 0 amide bonds. The second-order valence-electron chi connectivity index (χ2n) is 6.30. The van der Waals surface area contributed by atoms with Crippen molar-refractivity contribution in [3.8, 4) is 0 Å². The minimum absolute atomic E-state index is 0.00261. The molecule has 5 heteroatoms. The van der Waals surface area contributed by atoms with Crippen molar-refractivity contribution in [1.82, 2.24) is 0 Å². The summed E-state index contributed by atoms with van der Waals surface area (Å²) in [6, 6.07) is 0. The van der Waals surface area contributed by atoms with Gasteiger partial charge in [0.15, 0.2) is 0 Å². The number of esters is 1. The molecule has 0 spiro atoms. The molecule has 0 heterocycles. The van der Waals surface area contributed by atoms with Crippen LogP contribution in [0.3, 0.4) is 0 Å². The smallest absolute Gasteiger partial charge is 0.302 e. The number of hydrogen-bond donors (Lipinski definition) is 0. The van der Waals surface area contributed by atoms with Crippen molar-refractivity contribution in [2.45, 2.75) is 84.2 Å². The van der Waals surface area contributed by atoms with Crippen LogP contribution in [0.2, 0.25) is 0 Å². The van der Waals surface area contributed by atoms with Crippen LogP contribution in [0.5, 0.6) is 0 Å². The highest BCUT2D eigenvalue weighted by Gasteiger charge is 2.17. The zero-order chi connectivity index (χ0) is 16.4. The van der Waals surface area contributed by atoms with Crippen molar-refractivity contribution < 1.29 is 23.7 Å². The lowest BCUT2D eigenvalue weighted by molar-refractivity contribution is -0.146. The molecule has 0 N–H and O–H groups in total. The summed E-state index contributed by atoms with van der Waals surface area (Å²) < 4.78 is 22.3. The molecule has 1 fully saturated rings. The van der Waals surface area contributed by atoms with Crippen molar-refractivity contribution in [3.05, 3.63) is 0 Å². The van der Waals surface area contributed by atoms with Gasteiger partial charge in [0.05, 0.1) is 37.6 Å². The van der Waals surface area contributed by atoms with E-state index in [0.29, 0.717) is 19.3 Å². The van der Waals surface area contributed by atoms with E-state index in [9.17, 15) is 4.79 Å². The Hall–Kier alpha value is -0.650. The highest BCUT2D eigenvalue weighted by atomic mass is 16.6. The Balaban J connectivity index is 2.06. The van der Waals surface area contributed by atoms with E-state index in [2.05, 4.69) is 6.92 Å². The Kier molecular flexibility index (Phi) is 9.68. The SMILES string of the molecule is CC(=O)OCC(C)OCC(C)OCC(C)OC1CCCCC1. The van der Waals surface area contributed by atoms with Gasteiger partial charge in [0.25, 0.3) is 0 Å². The third-order valence-corrected chi connectivity index (χ3v) is 3.73. The van der Waals surface area contributed by atoms with Crippen LogP contribution in [0.25, 0.3) is 0 Å². The molecule has 3 unspecified atom stereocenters. The van der Waals surface area contributed by atoms with E-state index >= 15 is 0 Å². The largest absolute Gasteiger partial charge is 0.463 e. The maximum atomic E-state index is 10.7. The Labute approximate surface area is 134 Å². The fraction of sp³-hybridized carbons (Fsp3) is 0.941. The molecule has 0 aliphatic heterocycles. The summed E-state index contributed by atoms with van der Waals surface area (Å²) in [6.07, 6.45) is 6.65. The maximum absolute atomic E-state index is 10.7. The van der Waals surface area contributed by atoms with E-state index < -0.39 is 0 Å².